The highest BCUT2D eigenvalue weighted by atomic mass is 79.9. The number of hydrogen-bond donors (Lipinski definition) is 0. The van der Waals surface area contributed by atoms with Gasteiger partial charge in [-0.3, -0.25) is 0 Å². The highest BCUT2D eigenvalue weighted by molar-refractivity contribution is 9.10. The van der Waals surface area contributed by atoms with Gasteiger partial charge in [-0.15, -0.1) is 0 Å². The molecule has 0 saturated heterocycles. The Kier molecular flexibility index (Phi) is 3.35. The fourth-order valence-corrected chi connectivity index (χ4v) is 1.59. The lowest BCUT2D eigenvalue weighted by atomic mass is 9.85. The minimum Gasteiger partial charge on any atom is -0.496 e. The second-order valence-corrected chi connectivity index (χ2v) is 4.56. The standard InChI is InChI=1S/C11H11BrFNO/c1-11(2,6-14)7-4-8(12)9(13)5-10(7)15-3/h4-5H,1-3H3. The predicted molar refractivity (Wildman–Crippen MR) is 59.3 cm³/mol. The maximum absolute atomic E-state index is 13.2. The average molecular weight is 272 g/mol. The molecule has 1 rings (SSSR count). The van der Waals surface area contributed by atoms with Gasteiger partial charge in [0, 0.05) is 11.6 Å². The molecule has 0 saturated carbocycles. The lowest BCUT2D eigenvalue weighted by molar-refractivity contribution is 0.399. The third-order valence-corrected chi connectivity index (χ3v) is 2.80. The van der Waals surface area contributed by atoms with Gasteiger partial charge in [-0.25, -0.2) is 4.39 Å². The van der Waals surface area contributed by atoms with Crippen LogP contribution in [0.2, 0.25) is 0 Å². The first-order chi connectivity index (χ1) is 6.92. The van der Waals surface area contributed by atoms with Crippen LogP contribution < -0.4 is 4.74 Å². The number of rotatable bonds is 2. The Morgan fingerprint density at radius 3 is 2.53 bits per heavy atom. The molecular formula is C11H11BrFNO. The Labute approximate surface area is 96.8 Å². The fourth-order valence-electron chi connectivity index (χ4n) is 1.25. The lowest BCUT2D eigenvalue weighted by Gasteiger charge is -2.19. The van der Waals surface area contributed by atoms with Crippen molar-refractivity contribution in [1.29, 1.82) is 5.26 Å². The van der Waals surface area contributed by atoms with Crippen molar-refractivity contribution >= 4 is 15.9 Å². The average Bonchev–Trinajstić information content (AvgIpc) is 2.21. The van der Waals surface area contributed by atoms with Crippen molar-refractivity contribution in [2.24, 2.45) is 0 Å². The van der Waals surface area contributed by atoms with Crippen molar-refractivity contribution in [2.45, 2.75) is 19.3 Å². The van der Waals surface area contributed by atoms with Crippen molar-refractivity contribution in [3.05, 3.63) is 28.0 Å². The Balaban J connectivity index is 3.42. The first kappa shape index (κ1) is 12.0. The molecule has 0 unspecified atom stereocenters. The summed E-state index contributed by atoms with van der Waals surface area (Å²) in [6.07, 6.45) is 0. The summed E-state index contributed by atoms with van der Waals surface area (Å²) in [5, 5.41) is 9.01. The monoisotopic (exact) mass is 271 g/mol. The molecule has 1 aromatic rings. The van der Waals surface area contributed by atoms with Crippen LogP contribution >= 0.6 is 15.9 Å². The minimum atomic E-state index is -0.707. The van der Waals surface area contributed by atoms with Gasteiger partial charge >= 0.3 is 0 Å². The highest BCUT2D eigenvalue weighted by Gasteiger charge is 2.25. The number of ether oxygens (including phenoxy) is 1. The molecule has 0 N–H and O–H groups in total. The zero-order valence-corrected chi connectivity index (χ0v) is 10.4. The molecule has 0 atom stereocenters. The van der Waals surface area contributed by atoms with Crippen LogP contribution in [0.4, 0.5) is 4.39 Å². The Morgan fingerprint density at radius 1 is 1.47 bits per heavy atom. The molecule has 0 aromatic heterocycles. The van der Waals surface area contributed by atoms with E-state index < -0.39 is 11.2 Å². The van der Waals surface area contributed by atoms with Gasteiger partial charge < -0.3 is 4.74 Å². The van der Waals surface area contributed by atoms with Gasteiger partial charge in [-0.05, 0) is 35.8 Å². The fraction of sp³-hybridized carbons (Fsp3) is 0.364. The van der Waals surface area contributed by atoms with Crippen LogP contribution in [0.1, 0.15) is 19.4 Å². The predicted octanol–water partition coefficient (Wildman–Crippen LogP) is 3.40. The van der Waals surface area contributed by atoms with Crippen molar-refractivity contribution in [3.8, 4) is 11.8 Å². The van der Waals surface area contributed by atoms with Gasteiger partial charge in [0.25, 0.3) is 0 Å². The van der Waals surface area contributed by atoms with Crippen LogP contribution in [0.15, 0.2) is 16.6 Å². The van der Waals surface area contributed by atoms with E-state index in [4.69, 9.17) is 10.00 Å². The molecule has 0 aliphatic carbocycles. The third-order valence-electron chi connectivity index (χ3n) is 2.20. The van der Waals surface area contributed by atoms with E-state index in [-0.39, 0.29) is 0 Å². The molecule has 0 radical (unpaired) electrons. The Morgan fingerprint density at radius 2 is 2.07 bits per heavy atom. The van der Waals surface area contributed by atoms with Gasteiger partial charge in [0.15, 0.2) is 0 Å². The first-order valence-corrected chi connectivity index (χ1v) is 5.16. The van der Waals surface area contributed by atoms with Gasteiger partial charge in [-0.2, -0.15) is 5.26 Å². The number of nitriles is 1. The summed E-state index contributed by atoms with van der Waals surface area (Å²) in [7, 11) is 1.46. The van der Waals surface area contributed by atoms with Crippen LogP contribution in [0.5, 0.6) is 5.75 Å². The van der Waals surface area contributed by atoms with E-state index in [1.54, 1.807) is 19.9 Å². The second kappa shape index (κ2) is 4.19. The highest BCUT2D eigenvalue weighted by Crippen LogP contribution is 2.34. The molecule has 0 spiro atoms. The van der Waals surface area contributed by atoms with Gasteiger partial charge in [0.05, 0.1) is 23.1 Å². The number of benzene rings is 1. The molecule has 4 heteroatoms. The third kappa shape index (κ3) is 2.29. The summed E-state index contributed by atoms with van der Waals surface area (Å²) in [5.41, 5.74) is -0.0394. The molecule has 0 aliphatic rings. The minimum absolute atomic E-state index is 0.335. The summed E-state index contributed by atoms with van der Waals surface area (Å²) >= 11 is 3.09. The molecule has 15 heavy (non-hydrogen) atoms. The summed E-state index contributed by atoms with van der Waals surface area (Å²) in [5.74, 6) is -0.00779. The van der Waals surface area contributed by atoms with Crippen molar-refractivity contribution in [3.63, 3.8) is 0 Å². The van der Waals surface area contributed by atoms with Crippen molar-refractivity contribution < 1.29 is 9.13 Å². The quantitative estimate of drug-likeness (QED) is 0.826. The number of nitrogens with zero attached hydrogens (tertiary/aromatic N) is 1. The lowest BCUT2D eigenvalue weighted by Crippen LogP contribution is -2.15. The normalized spacial score (nSPS) is 10.9. The van der Waals surface area contributed by atoms with Gasteiger partial charge in [0.1, 0.15) is 11.6 Å². The van der Waals surface area contributed by atoms with Gasteiger partial charge in [-0.1, -0.05) is 0 Å². The Hall–Kier alpha value is -1.08. The van der Waals surface area contributed by atoms with E-state index in [0.717, 1.165) is 0 Å². The number of halogens is 2. The van der Waals surface area contributed by atoms with E-state index in [1.807, 2.05) is 0 Å². The molecule has 80 valence electrons. The zero-order chi connectivity index (χ0) is 11.6. The number of methoxy groups -OCH3 is 1. The summed E-state index contributed by atoms with van der Waals surface area (Å²) in [6.45, 7) is 3.52. The molecule has 0 fully saturated rings. The van der Waals surface area contributed by atoms with Crippen molar-refractivity contribution in [1.82, 2.24) is 0 Å². The van der Waals surface area contributed by atoms with Crippen LogP contribution in [0, 0.1) is 17.1 Å². The maximum Gasteiger partial charge on any atom is 0.141 e. The SMILES string of the molecule is COc1cc(F)c(Br)cc1C(C)(C)C#N. The molecule has 0 aliphatic heterocycles. The van der Waals surface area contributed by atoms with Crippen LogP contribution in [-0.2, 0) is 5.41 Å². The summed E-state index contributed by atoms with van der Waals surface area (Å²) in [4.78, 5) is 0. The van der Waals surface area contributed by atoms with Crippen LogP contribution in [0.25, 0.3) is 0 Å². The molecule has 2 nitrogen and oxygen atoms in total. The Bertz CT molecular complexity index is 423. The molecule has 0 amide bonds. The van der Waals surface area contributed by atoms with E-state index in [2.05, 4.69) is 22.0 Å². The smallest absolute Gasteiger partial charge is 0.141 e. The first-order valence-electron chi connectivity index (χ1n) is 4.37. The summed E-state index contributed by atoms with van der Waals surface area (Å²) < 4.78 is 18.6. The van der Waals surface area contributed by atoms with Crippen LogP contribution in [-0.4, -0.2) is 7.11 Å². The second-order valence-electron chi connectivity index (χ2n) is 3.70. The van der Waals surface area contributed by atoms with Gasteiger partial charge in [0.2, 0.25) is 0 Å². The summed E-state index contributed by atoms with van der Waals surface area (Å²) in [6, 6.07) is 5.01. The van der Waals surface area contributed by atoms with Crippen molar-refractivity contribution in [2.75, 3.05) is 7.11 Å². The van der Waals surface area contributed by atoms with E-state index >= 15 is 0 Å². The maximum atomic E-state index is 13.2. The molecule has 1 aromatic carbocycles. The molecule has 0 heterocycles. The number of hydrogen-bond acceptors (Lipinski definition) is 2. The largest absolute Gasteiger partial charge is 0.496 e. The molecular weight excluding hydrogens is 261 g/mol. The van der Waals surface area contributed by atoms with E-state index in [1.165, 1.54) is 13.2 Å². The van der Waals surface area contributed by atoms with Crippen LogP contribution in [0.3, 0.4) is 0 Å². The zero-order valence-electron chi connectivity index (χ0n) is 8.77. The van der Waals surface area contributed by atoms with E-state index in [0.29, 0.717) is 15.8 Å². The topological polar surface area (TPSA) is 33.0 Å². The van der Waals surface area contributed by atoms with E-state index in [9.17, 15) is 4.39 Å². The molecule has 0 bridgehead atoms.